The summed E-state index contributed by atoms with van der Waals surface area (Å²) in [5, 5.41) is 11.1. The molecular formula is C23H43NO12. The van der Waals surface area contributed by atoms with E-state index in [1.807, 2.05) is 0 Å². The first kappa shape index (κ1) is 34.1. The van der Waals surface area contributed by atoms with Crippen LogP contribution in [0.2, 0.25) is 0 Å². The molecule has 0 aromatic heterocycles. The van der Waals surface area contributed by atoms with E-state index in [4.69, 9.17) is 43.0 Å². The first-order chi connectivity index (χ1) is 17.5. The largest absolute Gasteiger partial charge is 0.481 e. The summed E-state index contributed by atoms with van der Waals surface area (Å²) in [4.78, 5) is 32.2. The van der Waals surface area contributed by atoms with E-state index in [0.29, 0.717) is 105 Å². The number of hydrogen-bond donors (Lipinski definition) is 2. The van der Waals surface area contributed by atoms with Crippen LogP contribution in [0, 0.1) is 0 Å². The number of hydrogen-bond acceptors (Lipinski definition) is 11. The summed E-state index contributed by atoms with van der Waals surface area (Å²) in [6.45, 7) is 8.45. The maximum absolute atomic E-state index is 11.3. The molecular weight excluding hydrogens is 482 g/mol. The van der Waals surface area contributed by atoms with Gasteiger partial charge in [-0.05, 0) is 6.42 Å². The van der Waals surface area contributed by atoms with Gasteiger partial charge < -0.3 is 48.3 Å². The minimum absolute atomic E-state index is 0.0102. The second-order valence-corrected chi connectivity index (χ2v) is 7.22. The van der Waals surface area contributed by atoms with E-state index >= 15 is 0 Å². The lowest BCUT2D eigenvalue weighted by Gasteiger charge is -2.08. The van der Waals surface area contributed by atoms with Gasteiger partial charge in [0.2, 0.25) is 5.91 Å². The molecule has 13 heteroatoms. The van der Waals surface area contributed by atoms with Crippen LogP contribution in [0.4, 0.5) is 0 Å². The van der Waals surface area contributed by atoms with Gasteiger partial charge in [-0.1, -0.05) is 0 Å². The Morgan fingerprint density at radius 1 is 0.556 bits per heavy atom. The Kier molecular flexibility index (Phi) is 26.3. The first-order valence-corrected chi connectivity index (χ1v) is 12.2. The van der Waals surface area contributed by atoms with E-state index in [2.05, 4.69) is 5.32 Å². The molecule has 36 heavy (non-hydrogen) atoms. The highest BCUT2D eigenvalue weighted by Crippen LogP contribution is 1.90. The normalized spacial score (nSPS) is 10.9. The number of amides is 1. The molecule has 0 saturated heterocycles. The molecule has 0 aliphatic rings. The van der Waals surface area contributed by atoms with E-state index in [1.54, 1.807) is 0 Å². The lowest BCUT2D eigenvalue weighted by Crippen LogP contribution is -2.25. The second kappa shape index (κ2) is 27.7. The zero-order valence-electron chi connectivity index (χ0n) is 21.4. The van der Waals surface area contributed by atoms with E-state index < -0.39 is 5.97 Å². The Labute approximate surface area is 213 Å². The van der Waals surface area contributed by atoms with Gasteiger partial charge in [-0.2, -0.15) is 0 Å². The summed E-state index contributed by atoms with van der Waals surface area (Å²) in [5.41, 5.74) is 0. The molecule has 0 rings (SSSR count). The van der Waals surface area contributed by atoms with Crippen LogP contribution in [-0.2, 0) is 52.3 Å². The van der Waals surface area contributed by atoms with Crippen molar-refractivity contribution in [2.45, 2.75) is 26.2 Å². The summed E-state index contributed by atoms with van der Waals surface area (Å²) in [5.74, 6) is -1.57. The molecule has 0 fully saturated rings. The van der Waals surface area contributed by atoms with Gasteiger partial charge in [0.25, 0.3) is 0 Å². The summed E-state index contributed by atoms with van der Waals surface area (Å²) in [7, 11) is 0. The van der Waals surface area contributed by atoms with Crippen molar-refractivity contribution in [2.24, 2.45) is 0 Å². The van der Waals surface area contributed by atoms with Crippen molar-refractivity contribution in [1.82, 2.24) is 5.32 Å². The summed E-state index contributed by atoms with van der Waals surface area (Å²) in [6, 6.07) is 0. The number of nitrogens with one attached hydrogen (secondary N) is 1. The van der Waals surface area contributed by atoms with Crippen molar-refractivity contribution in [1.29, 1.82) is 0 Å². The van der Waals surface area contributed by atoms with Crippen LogP contribution in [-0.4, -0.2) is 129 Å². The molecule has 0 aromatic carbocycles. The molecule has 0 aliphatic heterocycles. The number of carboxylic acids is 1. The quantitative estimate of drug-likeness (QED) is 0.105. The van der Waals surface area contributed by atoms with Gasteiger partial charge in [-0.3, -0.25) is 14.4 Å². The van der Waals surface area contributed by atoms with Crippen LogP contribution in [0.15, 0.2) is 0 Å². The van der Waals surface area contributed by atoms with Gasteiger partial charge in [0.05, 0.1) is 92.3 Å². The monoisotopic (exact) mass is 525 g/mol. The minimum atomic E-state index is -0.984. The Balaban J connectivity index is 3.09. The fourth-order valence-corrected chi connectivity index (χ4v) is 2.38. The molecule has 0 saturated carbocycles. The molecule has 0 atom stereocenters. The van der Waals surface area contributed by atoms with Gasteiger partial charge >= 0.3 is 11.9 Å². The van der Waals surface area contributed by atoms with Crippen molar-refractivity contribution < 1.29 is 57.4 Å². The predicted octanol–water partition coefficient (Wildman–Crippen LogP) is 0.0368. The maximum atomic E-state index is 11.3. The van der Waals surface area contributed by atoms with Crippen molar-refractivity contribution >= 4 is 17.8 Å². The van der Waals surface area contributed by atoms with Crippen molar-refractivity contribution in [3.63, 3.8) is 0 Å². The fraction of sp³-hybridized carbons (Fsp3) is 0.870. The van der Waals surface area contributed by atoms with Crippen LogP contribution in [0.25, 0.3) is 0 Å². The fourth-order valence-electron chi connectivity index (χ4n) is 2.38. The van der Waals surface area contributed by atoms with E-state index in [9.17, 15) is 14.4 Å². The molecule has 0 bridgehead atoms. The Morgan fingerprint density at radius 2 is 0.917 bits per heavy atom. The number of carbonyl (C=O) groups excluding carboxylic acids is 2. The van der Waals surface area contributed by atoms with E-state index in [-0.39, 0.29) is 31.3 Å². The smallest absolute Gasteiger partial charge is 0.303 e. The number of carbonyl (C=O) groups is 3. The molecule has 0 aromatic rings. The molecule has 1 amide bonds. The van der Waals surface area contributed by atoms with Crippen molar-refractivity contribution in [3.8, 4) is 0 Å². The zero-order chi connectivity index (χ0) is 26.5. The number of aliphatic carboxylic acids is 1. The van der Waals surface area contributed by atoms with Crippen LogP contribution < -0.4 is 5.32 Å². The lowest BCUT2D eigenvalue weighted by molar-refractivity contribution is -0.142. The third kappa shape index (κ3) is 30.2. The number of rotatable bonds is 28. The van der Waals surface area contributed by atoms with Crippen LogP contribution in [0.5, 0.6) is 0 Å². The average molecular weight is 526 g/mol. The Bertz CT molecular complexity index is 535. The van der Waals surface area contributed by atoms with Crippen molar-refractivity contribution in [3.05, 3.63) is 0 Å². The SMILES string of the molecule is CC(=O)OCCOCCOCCOCCOCCOCCOCCOCCCNC(=O)CCC(=O)O. The summed E-state index contributed by atoms with van der Waals surface area (Å²) >= 11 is 0. The highest BCUT2D eigenvalue weighted by atomic mass is 16.6. The zero-order valence-corrected chi connectivity index (χ0v) is 21.4. The highest BCUT2D eigenvalue weighted by Gasteiger charge is 2.04. The molecule has 0 aliphatic carbocycles. The number of esters is 1. The van der Waals surface area contributed by atoms with Gasteiger partial charge in [0.15, 0.2) is 0 Å². The third-order valence-electron chi connectivity index (χ3n) is 4.12. The van der Waals surface area contributed by atoms with E-state index in [0.717, 1.165) is 0 Å². The second-order valence-electron chi connectivity index (χ2n) is 7.22. The maximum Gasteiger partial charge on any atom is 0.303 e. The number of ether oxygens (including phenoxy) is 8. The Hall–Kier alpha value is -1.87. The van der Waals surface area contributed by atoms with Gasteiger partial charge in [-0.25, -0.2) is 0 Å². The van der Waals surface area contributed by atoms with Gasteiger partial charge in [0, 0.05) is 26.5 Å². The molecule has 0 radical (unpaired) electrons. The molecule has 0 spiro atoms. The standard InChI is InChI=1S/C23H43NO12/c1-21(25)36-20-19-35-18-17-34-16-15-33-14-13-32-12-11-31-10-9-30-8-7-29-6-2-5-24-22(26)3-4-23(27)28/h2-20H2,1H3,(H,24,26)(H,27,28). The highest BCUT2D eigenvalue weighted by molar-refractivity contribution is 5.80. The van der Waals surface area contributed by atoms with Gasteiger partial charge in [-0.15, -0.1) is 0 Å². The lowest BCUT2D eigenvalue weighted by atomic mass is 10.3. The summed E-state index contributed by atoms with van der Waals surface area (Å²) < 4.78 is 42.3. The number of carboxylic acid groups (broad SMARTS) is 1. The molecule has 2 N–H and O–H groups in total. The summed E-state index contributed by atoms with van der Waals surface area (Å²) in [6.07, 6.45) is 0.477. The topological polar surface area (TPSA) is 157 Å². The molecule has 13 nitrogen and oxygen atoms in total. The van der Waals surface area contributed by atoms with Crippen molar-refractivity contribution in [2.75, 3.05) is 106 Å². The minimum Gasteiger partial charge on any atom is -0.481 e. The Morgan fingerprint density at radius 3 is 1.28 bits per heavy atom. The third-order valence-corrected chi connectivity index (χ3v) is 4.12. The molecule has 0 heterocycles. The van der Waals surface area contributed by atoms with E-state index in [1.165, 1.54) is 6.92 Å². The predicted molar refractivity (Wildman–Crippen MR) is 127 cm³/mol. The molecule has 212 valence electrons. The van der Waals surface area contributed by atoms with Crippen LogP contribution in [0.3, 0.4) is 0 Å². The molecule has 0 unspecified atom stereocenters. The van der Waals surface area contributed by atoms with Crippen LogP contribution in [0.1, 0.15) is 26.2 Å². The average Bonchev–Trinajstić information content (AvgIpc) is 2.84. The van der Waals surface area contributed by atoms with Gasteiger partial charge in [0.1, 0.15) is 6.61 Å². The van der Waals surface area contributed by atoms with Crippen LogP contribution >= 0.6 is 0 Å². The first-order valence-electron chi connectivity index (χ1n) is 12.2.